The summed E-state index contributed by atoms with van der Waals surface area (Å²) in [6, 6.07) is 5.61. The molecule has 2 bridgehead atoms. The minimum atomic E-state index is -0.363. The fourth-order valence-electron chi connectivity index (χ4n) is 4.80. The summed E-state index contributed by atoms with van der Waals surface area (Å²) >= 11 is 0. The number of nitrogens with zero attached hydrogens (tertiary/aromatic N) is 1. The van der Waals surface area contributed by atoms with E-state index in [-0.39, 0.29) is 41.3 Å². The third-order valence-corrected chi connectivity index (χ3v) is 5.75. The fourth-order valence-corrected chi connectivity index (χ4v) is 4.80. The third-order valence-electron chi connectivity index (χ3n) is 5.75. The van der Waals surface area contributed by atoms with Crippen LogP contribution in [-0.4, -0.2) is 11.8 Å². The van der Waals surface area contributed by atoms with E-state index in [1.807, 2.05) is 0 Å². The van der Waals surface area contributed by atoms with Gasteiger partial charge in [-0.1, -0.05) is 12.2 Å². The van der Waals surface area contributed by atoms with Gasteiger partial charge in [0.15, 0.2) is 0 Å². The van der Waals surface area contributed by atoms with Crippen molar-refractivity contribution in [2.45, 2.75) is 6.42 Å². The molecule has 4 aliphatic carbocycles. The topological polar surface area (TPSA) is 37.4 Å². The summed E-state index contributed by atoms with van der Waals surface area (Å²) in [5.74, 6) is 0.722. The molecule has 4 heteroatoms. The molecule has 1 aromatic carbocycles. The van der Waals surface area contributed by atoms with Gasteiger partial charge < -0.3 is 0 Å². The van der Waals surface area contributed by atoms with Crippen LogP contribution in [0.3, 0.4) is 0 Å². The Kier molecular flexibility index (Phi) is 2.01. The highest BCUT2D eigenvalue weighted by molar-refractivity contribution is 6.22. The van der Waals surface area contributed by atoms with Crippen LogP contribution >= 0.6 is 0 Å². The number of amides is 2. The van der Waals surface area contributed by atoms with Gasteiger partial charge >= 0.3 is 0 Å². The number of rotatable bonds is 1. The fraction of sp³-hybridized carbons (Fsp3) is 0.412. The number of benzene rings is 1. The molecule has 21 heavy (non-hydrogen) atoms. The molecule has 3 fully saturated rings. The zero-order valence-corrected chi connectivity index (χ0v) is 11.3. The molecule has 106 valence electrons. The molecule has 6 rings (SSSR count). The van der Waals surface area contributed by atoms with E-state index < -0.39 is 0 Å². The van der Waals surface area contributed by atoms with Crippen molar-refractivity contribution < 1.29 is 14.0 Å². The molecule has 1 heterocycles. The highest BCUT2D eigenvalue weighted by Crippen LogP contribution is 2.65. The molecule has 0 radical (unpaired) electrons. The van der Waals surface area contributed by atoms with Crippen molar-refractivity contribution in [2.24, 2.45) is 35.5 Å². The summed E-state index contributed by atoms with van der Waals surface area (Å²) in [4.78, 5) is 26.8. The summed E-state index contributed by atoms with van der Waals surface area (Å²) in [5.41, 5.74) is 0.494. The monoisotopic (exact) mass is 283 g/mol. The summed E-state index contributed by atoms with van der Waals surface area (Å²) in [7, 11) is 0. The lowest BCUT2D eigenvalue weighted by Crippen LogP contribution is -2.40. The van der Waals surface area contributed by atoms with Gasteiger partial charge in [0.25, 0.3) is 0 Å². The van der Waals surface area contributed by atoms with E-state index >= 15 is 0 Å². The number of carbonyl (C=O) groups excluding carboxylic acids is 2. The van der Waals surface area contributed by atoms with Crippen LogP contribution in [0.5, 0.6) is 0 Å². The zero-order chi connectivity index (χ0) is 14.3. The average Bonchev–Trinajstić information content (AvgIpc) is 3.26. The Morgan fingerprint density at radius 3 is 1.95 bits per heavy atom. The van der Waals surface area contributed by atoms with E-state index in [4.69, 9.17) is 0 Å². The van der Waals surface area contributed by atoms with Gasteiger partial charge in [-0.2, -0.15) is 0 Å². The smallest absolute Gasteiger partial charge is 0.238 e. The third kappa shape index (κ3) is 1.33. The summed E-state index contributed by atoms with van der Waals surface area (Å²) in [6.07, 6.45) is 5.46. The lowest BCUT2D eigenvalue weighted by Gasteiger charge is -2.37. The maximum absolute atomic E-state index is 13.1. The van der Waals surface area contributed by atoms with Crippen LogP contribution in [0, 0.1) is 41.3 Å². The second-order valence-electron chi connectivity index (χ2n) is 6.64. The number of imide groups is 1. The van der Waals surface area contributed by atoms with E-state index in [1.54, 1.807) is 0 Å². The summed E-state index contributed by atoms with van der Waals surface area (Å²) < 4.78 is 13.1. The van der Waals surface area contributed by atoms with E-state index in [9.17, 15) is 14.0 Å². The summed E-state index contributed by atoms with van der Waals surface area (Å²) in [5, 5.41) is 0. The zero-order valence-electron chi connectivity index (χ0n) is 11.3. The highest BCUT2D eigenvalue weighted by atomic mass is 19.1. The van der Waals surface area contributed by atoms with Gasteiger partial charge in [-0.15, -0.1) is 0 Å². The van der Waals surface area contributed by atoms with Crippen LogP contribution in [0.25, 0.3) is 0 Å². The van der Waals surface area contributed by atoms with Crippen LogP contribution in [0.4, 0.5) is 10.1 Å². The van der Waals surface area contributed by atoms with Gasteiger partial charge in [-0.3, -0.25) is 14.5 Å². The molecule has 1 saturated heterocycles. The van der Waals surface area contributed by atoms with Crippen LogP contribution in [0.1, 0.15) is 6.42 Å². The Morgan fingerprint density at radius 2 is 1.43 bits per heavy atom. The lowest BCUT2D eigenvalue weighted by molar-refractivity contribution is -0.124. The maximum atomic E-state index is 13.1. The molecule has 1 aliphatic heterocycles. The standard InChI is InChI=1S/C17H14FNO2/c18-8-1-3-9(4-2-8)19-16(20)14-10-5-6-11(13-7-12(10)13)15(14)17(19)21/h1-6,10-15H,7H2/t10-,11-,12-,13-,14-,15+/m1/s1. The number of anilines is 1. The van der Waals surface area contributed by atoms with Crippen LogP contribution in [-0.2, 0) is 9.59 Å². The van der Waals surface area contributed by atoms with E-state index in [1.165, 1.54) is 29.2 Å². The van der Waals surface area contributed by atoms with Gasteiger partial charge in [0.2, 0.25) is 11.8 Å². The molecule has 5 aliphatic rings. The highest BCUT2D eigenvalue weighted by Gasteiger charge is 2.67. The normalized spacial score (nSPS) is 42.2. The Morgan fingerprint density at radius 1 is 0.905 bits per heavy atom. The van der Waals surface area contributed by atoms with Gasteiger partial charge in [0.05, 0.1) is 17.5 Å². The van der Waals surface area contributed by atoms with Gasteiger partial charge in [0.1, 0.15) is 5.82 Å². The minimum absolute atomic E-state index is 0.0960. The van der Waals surface area contributed by atoms with E-state index in [0.717, 1.165) is 6.42 Å². The van der Waals surface area contributed by atoms with Crippen molar-refractivity contribution in [1.82, 2.24) is 0 Å². The molecule has 6 atom stereocenters. The van der Waals surface area contributed by atoms with E-state index in [0.29, 0.717) is 17.5 Å². The first kappa shape index (κ1) is 11.7. The number of halogens is 1. The predicted octanol–water partition coefficient (Wildman–Crippen LogP) is 2.38. The first-order valence-electron chi connectivity index (χ1n) is 7.48. The Hall–Kier alpha value is -1.97. The van der Waals surface area contributed by atoms with Gasteiger partial charge in [-0.05, 0) is 54.4 Å². The first-order valence-corrected chi connectivity index (χ1v) is 7.48. The number of hydrogen-bond acceptors (Lipinski definition) is 2. The van der Waals surface area contributed by atoms with Crippen molar-refractivity contribution in [3.63, 3.8) is 0 Å². The Bertz CT molecular complexity index is 659. The van der Waals surface area contributed by atoms with Crippen LogP contribution < -0.4 is 4.90 Å². The maximum Gasteiger partial charge on any atom is 0.238 e. The van der Waals surface area contributed by atoms with E-state index in [2.05, 4.69) is 12.2 Å². The van der Waals surface area contributed by atoms with Crippen molar-refractivity contribution in [3.8, 4) is 0 Å². The molecule has 1 aromatic rings. The van der Waals surface area contributed by atoms with Gasteiger partial charge in [-0.25, -0.2) is 4.39 Å². The number of carbonyl (C=O) groups is 2. The molecule has 0 aromatic heterocycles. The quantitative estimate of drug-likeness (QED) is 0.586. The largest absolute Gasteiger partial charge is 0.274 e. The average molecular weight is 283 g/mol. The minimum Gasteiger partial charge on any atom is -0.274 e. The van der Waals surface area contributed by atoms with Crippen molar-refractivity contribution >= 4 is 17.5 Å². The second kappa shape index (κ2) is 3.62. The number of hydrogen-bond donors (Lipinski definition) is 0. The van der Waals surface area contributed by atoms with Crippen LogP contribution in [0.2, 0.25) is 0 Å². The molecular weight excluding hydrogens is 269 g/mol. The lowest BCUT2D eigenvalue weighted by atomic mass is 9.63. The first-order chi connectivity index (χ1) is 10.2. The SMILES string of the molecule is O=C1[C@@H]2[C@@H]3C=C[C@H]([C@H]4C[C@H]34)[C@@H]2C(=O)N1c1ccc(F)cc1. The number of allylic oxidation sites excluding steroid dienone is 2. The van der Waals surface area contributed by atoms with Crippen molar-refractivity contribution in [1.29, 1.82) is 0 Å². The molecular formula is C17H14FNO2. The van der Waals surface area contributed by atoms with Crippen LogP contribution in [0.15, 0.2) is 36.4 Å². The second-order valence-corrected chi connectivity index (χ2v) is 6.64. The van der Waals surface area contributed by atoms with Crippen molar-refractivity contribution in [3.05, 3.63) is 42.2 Å². The molecule has 0 N–H and O–H groups in total. The Balaban J connectivity index is 1.58. The molecule has 3 nitrogen and oxygen atoms in total. The Labute approximate surface area is 121 Å². The molecule has 0 unspecified atom stereocenters. The summed E-state index contributed by atoms with van der Waals surface area (Å²) in [6.45, 7) is 0. The molecule has 2 amide bonds. The van der Waals surface area contributed by atoms with Crippen molar-refractivity contribution in [2.75, 3.05) is 4.90 Å². The molecule has 0 spiro atoms. The predicted molar refractivity (Wildman–Crippen MR) is 73.6 cm³/mol. The molecule has 2 saturated carbocycles. The van der Waals surface area contributed by atoms with Gasteiger partial charge in [0, 0.05) is 0 Å².